The summed E-state index contributed by atoms with van der Waals surface area (Å²) in [5.41, 5.74) is 5.89. The molecule has 0 saturated carbocycles. The summed E-state index contributed by atoms with van der Waals surface area (Å²) in [6.45, 7) is 2.85. The first-order chi connectivity index (χ1) is 7.27. The highest BCUT2D eigenvalue weighted by Crippen LogP contribution is 2.19. The lowest BCUT2D eigenvalue weighted by Crippen LogP contribution is -2.29. The number of anilines is 1. The molecule has 0 radical (unpaired) electrons. The molecule has 1 atom stereocenters. The Kier molecular flexibility index (Phi) is 4.90. The fourth-order valence-corrected chi connectivity index (χ4v) is 1.39. The van der Waals surface area contributed by atoms with E-state index < -0.39 is 0 Å². The Balaban J connectivity index is 2.49. The number of hydrogen-bond acceptors (Lipinski definition) is 4. The molecule has 0 saturated heterocycles. The standard InChI is InChI=1S/C11H19N3O/c1-3-5-9(12)8-14-11-10(15-2)6-4-7-13-11/h4,6-7,9H,3,5,8,12H2,1-2H3,(H,13,14). The summed E-state index contributed by atoms with van der Waals surface area (Å²) in [6.07, 6.45) is 3.85. The van der Waals surface area contributed by atoms with E-state index in [0.717, 1.165) is 31.0 Å². The molecule has 1 aromatic heterocycles. The van der Waals surface area contributed by atoms with Gasteiger partial charge in [-0.15, -0.1) is 0 Å². The van der Waals surface area contributed by atoms with Gasteiger partial charge in [-0.1, -0.05) is 13.3 Å². The third-order valence-corrected chi connectivity index (χ3v) is 2.18. The van der Waals surface area contributed by atoms with Crippen LogP contribution < -0.4 is 15.8 Å². The van der Waals surface area contributed by atoms with Crippen LogP contribution in [0.4, 0.5) is 5.82 Å². The molecule has 0 bridgehead atoms. The van der Waals surface area contributed by atoms with E-state index in [2.05, 4.69) is 17.2 Å². The van der Waals surface area contributed by atoms with E-state index in [1.54, 1.807) is 13.3 Å². The summed E-state index contributed by atoms with van der Waals surface area (Å²) < 4.78 is 5.17. The topological polar surface area (TPSA) is 60.2 Å². The number of aromatic nitrogens is 1. The normalized spacial score (nSPS) is 12.2. The van der Waals surface area contributed by atoms with Gasteiger partial charge < -0.3 is 15.8 Å². The molecular weight excluding hydrogens is 190 g/mol. The van der Waals surface area contributed by atoms with Gasteiger partial charge in [0.1, 0.15) is 0 Å². The van der Waals surface area contributed by atoms with Crippen molar-refractivity contribution in [1.82, 2.24) is 4.98 Å². The molecule has 15 heavy (non-hydrogen) atoms. The van der Waals surface area contributed by atoms with Crippen LogP contribution in [0.25, 0.3) is 0 Å². The van der Waals surface area contributed by atoms with E-state index in [0.29, 0.717) is 0 Å². The maximum Gasteiger partial charge on any atom is 0.168 e. The average molecular weight is 209 g/mol. The molecule has 1 heterocycles. The Morgan fingerprint density at radius 2 is 2.40 bits per heavy atom. The van der Waals surface area contributed by atoms with Crippen molar-refractivity contribution in [3.8, 4) is 5.75 Å². The Bertz CT molecular complexity index is 291. The van der Waals surface area contributed by atoms with Gasteiger partial charge in [0.15, 0.2) is 11.6 Å². The Hall–Kier alpha value is -1.29. The third-order valence-electron chi connectivity index (χ3n) is 2.18. The Morgan fingerprint density at radius 3 is 3.07 bits per heavy atom. The van der Waals surface area contributed by atoms with E-state index in [4.69, 9.17) is 10.5 Å². The van der Waals surface area contributed by atoms with Crippen molar-refractivity contribution < 1.29 is 4.74 Å². The maximum atomic E-state index is 5.89. The summed E-state index contributed by atoms with van der Waals surface area (Å²) in [5, 5.41) is 3.19. The van der Waals surface area contributed by atoms with E-state index in [9.17, 15) is 0 Å². The third kappa shape index (κ3) is 3.75. The lowest BCUT2D eigenvalue weighted by atomic mass is 10.2. The van der Waals surface area contributed by atoms with E-state index in [1.807, 2.05) is 12.1 Å². The van der Waals surface area contributed by atoms with Crippen LogP contribution in [0.3, 0.4) is 0 Å². The molecule has 4 nitrogen and oxygen atoms in total. The molecule has 84 valence electrons. The van der Waals surface area contributed by atoms with Gasteiger partial charge in [-0.05, 0) is 18.6 Å². The van der Waals surface area contributed by atoms with Gasteiger partial charge in [0.2, 0.25) is 0 Å². The zero-order valence-corrected chi connectivity index (χ0v) is 9.36. The van der Waals surface area contributed by atoms with Gasteiger partial charge in [-0.3, -0.25) is 0 Å². The molecule has 1 unspecified atom stereocenters. The minimum atomic E-state index is 0.168. The average Bonchev–Trinajstić information content (AvgIpc) is 2.27. The minimum Gasteiger partial charge on any atom is -0.493 e. The molecule has 0 aromatic carbocycles. The van der Waals surface area contributed by atoms with Gasteiger partial charge in [0.25, 0.3) is 0 Å². The lowest BCUT2D eigenvalue weighted by Gasteiger charge is -2.13. The zero-order chi connectivity index (χ0) is 11.1. The molecule has 0 fully saturated rings. The smallest absolute Gasteiger partial charge is 0.168 e. The van der Waals surface area contributed by atoms with Crippen LogP contribution in [0, 0.1) is 0 Å². The molecule has 0 aliphatic carbocycles. The predicted molar refractivity (Wildman–Crippen MR) is 62.2 cm³/mol. The van der Waals surface area contributed by atoms with Crippen molar-refractivity contribution in [2.45, 2.75) is 25.8 Å². The number of nitrogens with one attached hydrogen (secondary N) is 1. The van der Waals surface area contributed by atoms with E-state index in [-0.39, 0.29) is 6.04 Å². The number of hydrogen-bond donors (Lipinski definition) is 2. The fourth-order valence-electron chi connectivity index (χ4n) is 1.39. The molecule has 0 spiro atoms. The first-order valence-electron chi connectivity index (χ1n) is 5.26. The monoisotopic (exact) mass is 209 g/mol. The van der Waals surface area contributed by atoms with Crippen molar-refractivity contribution in [3.05, 3.63) is 18.3 Å². The molecule has 1 aromatic rings. The van der Waals surface area contributed by atoms with Crippen molar-refractivity contribution in [2.75, 3.05) is 19.0 Å². The summed E-state index contributed by atoms with van der Waals surface area (Å²) in [6, 6.07) is 3.89. The van der Waals surface area contributed by atoms with Gasteiger partial charge in [-0.2, -0.15) is 0 Å². The highest BCUT2D eigenvalue weighted by atomic mass is 16.5. The molecule has 0 aliphatic rings. The molecule has 4 heteroatoms. The van der Waals surface area contributed by atoms with Crippen molar-refractivity contribution in [2.24, 2.45) is 5.73 Å². The number of ether oxygens (including phenoxy) is 1. The SMILES string of the molecule is CCCC(N)CNc1ncccc1OC. The largest absolute Gasteiger partial charge is 0.493 e. The van der Waals surface area contributed by atoms with Crippen molar-refractivity contribution in [1.29, 1.82) is 0 Å². The first-order valence-corrected chi connectivity index (χ1v) is 5.26. The molecule has 0 amide bonds. The summed E-state index contributed by atoms with van der Waals surface area (Å²) in [4.78, 5) is 4.19. The van der Waals surface area contributed by atoms with Crippen molar-refractivity contribution >= 4 is 5.82 Å². The first kappa shape index (κ1) is 11.8. The highest BCUT2D eigenvalue weighted by molar-refractivity contribution is 5.49. The second-order valence-corrected chi connectivity index (χ2v) is 3.48. The number of methoxy groups -OCH3 is 1. The molecule has 3 N–H and O–H groups in total. The molecule has 0 aliphatic heterocycles. The predicted octanol–water partition coefficient (Wildman–Crippen LogP) is 1.63. The second kappa shape index (κ2) is 6.24. The summed E-state index contributed by atoms with van der Waals surface area (Å²) in [5.74, 6) is 1.51. The molecular formula is C11H19N3O. The van der Waals surface area contributed by atoms with Crippen LogP contribution in [-0.4, -0.2) is 24.7 Å². The lowest BCUT2D eigenvalue weighted by molar-refractivity contribution is 0.414. The van der Waals surface area contributed by atoms with Crippen molar-refractivity contribution in [3.63, 3.8) is 0 Å². The molecule has 1 rings (SSSR count). The van der Waals surface area contributed by atoms with Gasteiger partial charge in [-0.25, -0.2) is 4.98 Å². The van der Waals surface area contributed by atoms with Gasteiger partial charge in [0.05, 0.1) is 7.11 Å². The van der Waals surface area contributed by atoms with Gasteiger partial charge >= 0.3 is 0 Å². The number of rotatable bonds is 6. The fraction of sp³-hybridized carbons (Fsp3) is 0.545. The Labute approximate surface area is 90.8 Å². The maximum absolute atomic E-state index is 5.89. The van der Waals surface area contributed by atoms with E-state index >= 15 is 0 Å². The number of pyridine rings is 1. The highest BCUT2D eigenvalue weighted by Gasteiger charge is 2.05. The second-order valence-electron chi connectivity index (χ2n) is 3.48. The van der Waals surface area contributed by atoms with Crippen LogP contribution in [0.1, 0.15) is 19.8 Å². The summed E-state index contributed by atoms with van der Waals surface area (Å²) in [7, 11) is 1.63. The zero-order valence-electron chi connectivity index (χ0n) is 9.36. The van der Waals surface area contributed by atoms with E-state index in [1.165, 1.54) is 0 Å². The summed E-state index contributed by atoms with van der Waals surface area (Å²) >= 11 is 0. The van der Waals surface area contributed by atoms with Crippen LogP contribution in [0.2, 0.25) is 0 Å². The van der Waals surface area contributed by atoms with Crippen LogP contribution in [0.15, 0.2) is 18.3 Å². The van der Waals surface area contributed by atoms with Crippen LogP contribution >= 0.6 is 0 Å². The minimum absolute atomic E-state index is 0.168. The Morgan fingerprint density at radius 1 is 1.60 bits per heavy atom. The van der Waals surface area contributed by atoms with Gasteiger partial charge in [0, 0.05) is 18.8 Å². The number of nitrogens with zero attached hydrogens (tertiary/aromatic N) is 1. The van der Waals surface area contributed by atoms with Crippen LogP contribution in [0.5, 0.6) is 5.75 Å². The number of nitrogens with two attached hydrogens (primary N) is 1. The quantitative estimate of drug-likeness (QED) is 0.747. The van der Waals surface area contributed by atoms with Crippen LogP contribution in [-0.2, 0) is 0 Å².